The first-order valence-electron chi connectivity index (χ1n) is 5.05. The van der Waals surface area contributed by atoms with Gasteiger partial charge in [0.05, 0.1) is 5.97 Å². The molecule has 94 valence electrons. The van der Waals surface area contributed by atoms with Crippen LogP contribution in [0.2, 0.25) is 0 Å². The van der Waals surface area contributed by atoms with E-state index in [-0.39, 0.29) is 0 Å². The van der Waals surface area contributed by atoms with Crippen LogP contribution in [-0.2, 0) is 9.59 Å². The van der Waals surface area contributed by atoms with E-state index in [1.165, 1.54) is 0 Å². The van der Waals surface area contributed by atoms with Gasteiger partial charge in [-0.3, -0.25) is 20.4 Å². The van der Waals surface area contributed by atoms with Crippen LogP contribution in [0.3, 0.4) is 0 Å². The Labute approximate surface area is 103 Å². The maximum Gasteiger partial charge on any atom is 0.269 e. The molecule has 0 fully saturated rings. The molecular formula is C12H11N2O4-. The monoisotopic (exact) mass is 247 g/mol. The Morgan fingerprint density at radius 2 is 1.89 bits per heavy atom. The zero-order chi connectivity index (χ0) is 13.5. The van der Waals surface area contributed by atoms with Gasteiger partial charge >= 0.3 is 0 Å². The second-order valence-corrected chi connectivity index (χ2v) is 3.47. The molecule has 0 unspecified atom stereocenters. The Hall–Kier alpha value is -2.63. The Balaban J connectivity index is 2.52. The first-order valence-corrected chi connectivity index (χ1v) is 5.05. The van der Waals surface area contributed by atoms with Crippen molar-refractivity contribution in [1.82, 2.24) is 10.9 Å². The molecule has 0 heterocycles. The number of nitrogens with one attached hydrogen (secondary N) is 2. The van der Waals surface area contributed by atoms with Crippen molar-refractivity contribution in [3.8, 4) is 0 Å². The zero-order valence-electron chi connectivity index (χ0n) is 9.60. The molecule has 18 heavy (non-hydrogen) atoms. The van der Waals surface area contributed by atoms with Gasteiger partial charge in [-0.15, -0.1) is 0 Å². The molecule has 1 aromatic rings. The Kier molecular flexibility index (Phi) is 4.62. The third kappa shape index (κ3) is 4.48. The normalized spacial score (nSPS) is 10.1. The van der Waals surface area contributed by atoms with Gasteiger partial charge in [0.25, 0.3) is 11.8 Å². The highest BCUT2D eigenvalue weighted by Crippen LogP contribution is 2.02. The maximum absolute atomic E-state index is 11.6. The van der Waals surface area contributed by atoms with Crippen molar-refractivity contribution in [3.05, 3.63) is 47.5 Å². The third-order valence-electron chi connectivity index (χ3n) is 1.95. The van der Waals surface area contributed by atoms with E-state index in [4.69, 9.17) is 0 Å². The summed E-state index contributed by atoms with van der Waals surface area (Å²) in [6.07, 6.45) is 1.31. The van der Waals surface area contributed by atoms with Crippen molar-refractivity contribution in [3.63, 3.8) is 0 Å². The number of rotatable bonds is 3. The molecular weight excluding hydrogens is 236 g/mol. The number of carbonyl (C=O) groups is 3. The molecule has 0 radical (unpaired) electrons. The van der Waals surface area contributed by atoms with Crippen LogP contribution in [0.25, 0.3) is 0 Å². The molecule has 0 saturated carbocycles. The summed E-state index contributed by atoms with van der Waals surface area (Å²) < 4.78 is 0. The fourth-order valence-corrected chi connectivity index (χ4v) is 1.16. The number of aliphatic carboxylic acids is 1. The van der Waals surface area contributed by atoms with E-state index >= 15 is 0 Å². The number of benzene rings is 1. The average molecular weight is 247 g/mol. The van der Waals surface area contributed by atoms with Gasteiger partial charge in [-0.2, -0.15) is 0 Å². The summed E-state index contributed by atoms with van der Waals surface area (Å²) in [5.74, 6) is -2.75. The van der Waals surface area contributed by atoms with Gasteiger partial charge in [-0.05, 0) is 25.1 Å². The fraction of sp³-hybridized carbons (Fsp3) is 0.0833. The van der Waals surface area contributed by atoms with E-state index in [0.717, 1.165) is 11.6 Å². The number of aryl methyl sites for hydroxylation is 1. The number of hydrazine groups is 1. The van der Waals surface area contributed by atoms with E-state index in [9.17, 15) is 19.5 Å². The molecule has 0 atom stereocenters. The Bertz CT molecular complexity index is 509. The lowest BCUT2D eigenvalue weighted by Gasteiger charge is -2.05. The molecule has 2 N–H and O–H groups in total. The number of carbonyl (C=O) groups excluding carboxylic acids is 3. The van der Waals surface area contributed by atoms with Crippen molar-refractivity contribution >= 4 is 17.8 Å². The lowest BCUT2D eigenvalue weighted by atomic mass is 10.1. The molecule has 2 amide bonds. The summed E-state index contributed by atoms with van der Waals surface area (Å²) in [5, 5.41) is 10.0. The van der Waals surface area contributed by atoms with Gasteiger partial charge in [0.2, 0.25) is 0 Å². The smallest absolute Gasteiger partial charge is 0.269 e. The molecule has 1 rings (SSSR count). The van der Waals surface area contributed by atoms with Gasteiger partial charge in [0.15, 0.2) is 0 Å². The van der Waals surface area contributed by atoms with Gasteiger partial charge < -0.3 is 9.90 Å². The topological polar surface area (TPSA) is 98.3 Å². The molecule has 0 spiro atoms. The number of carboxylic acids is 1. The minimum atomic E-state index is -1.49. The van der Waals surface area contributed by atoms with E-state index in [1.54, 1.807) is 18.2 Å². The predicted molar refractivity (Wildman–Crippen MR) is 60.9 cm³/mol. The van der Waals surface area contributed by atoms with Crippen molar-refractivity contribution in [2.75, 3.05) is 0 Å². The molecule has 0 aliphatic heterocycles. The van der Waals surface area contributed by atoms with Gasteiger partial charge in [-0.1, -0.05) is 17.7 Å². The van der Waals surface area contributed by atoms with Crippen molar-refractivity contribution in [2.45, 2.75) is 6.92 Å². The second kappa shape index (κ2) is 6.19. The van der Waals surface area contributed by atoms with Gasteiger partial charge in [0.1, 0.15) is 0 Å². The number of hydrogen-bond donors (Lipinski definition) is 2. The maximum atomic E-state index is 11.6. The van der Waals surface area contributed by atoms with E-state index < -0.39 is 17.8 Å². The quantitative estimate of drug-likeness (QED) is 0.532. The van der Waals surface area contributed by atoms with Crippen LogP contribution >= 0.6 is 0 Å². The van der Waals surface area contributed by atoms with Crippen LogP contribution in [0.15, 0.2) is 36.4 Å². The number of carboxylic acid groups (broad SMARTS) is 1. The second-order valence-electron chi connectivity index (χ2n) is 3.47. The molecule has 0 aliphatic rings. The standard InChI is InChI=1S/C12H12N2O4/c1-8-3-2-4-9(7-8)12(18)14-13-10(15)5-6-11(16)17/h2-7H,1H3,(H,13,15)(H,14,18)(H,16,17)/p-1. The summed E-state index contributed by atoms with van der Waals surface area (Å²) >= 11 is 0. The third-order valence-corrected chi connectivity index (χ3v) is 1.95. The molecule has 0 bridgehead atoms. The molecule has 6 nitrogen and oxygen atoms in total. The van der Waals surface area contributed by atoms with Crippen LogP contribution in [-0.4, -0.2) is 17.8 Å². The Morgan fingerprint density at radius 3 is 2.50 bits per heavy atom. The van der Waals surface area contributed by atoms with E-state index in [0.29, 0.717) is 11.6 Å². The summed E-state index contributed by atoms with van der Waals surface area (Å²) in [5.41, 5.74) is 5.48. The molecule has 0 aliphatic carbocycles. The lowest BCUT2D eigenvalue weighted by Crippen LogP contribution is -2.41. The van der Waals surface area contributed by atoms with Gasteiger partial charge in [0, 0.05) is 11.6 Å². The zero-order valence-corrected chi connectivity index (χ0v) is 9.60. The van der Waals surface area contributed by atoms with Crippen molar-refractivity contribution < 1.29 is 19.5 Å². The van der Waals surface area contributed by atoms with Crippen molar-refractivity contribution in [1.29, 1.82) is 0 Å². The van der Waals surface area contributed by atoms with Crippen molar-refractivity contribution in [2.24, 2.45) is 0 Å². The number of amides is 2. The lowest BCUT2D eigenvalue weighted by molar-refractivity contribution is -0.297. The highest BCUT2D eigenvalue weighted by Gasteiger charge is 2.05. The summed E-state index contributed by atoms with van der Waals surface area (Å²) in [7, 11) is 0. The average Bonchev–Trinajstić information content (AvgIpc) is 2.33. The molecule has 1 aromatic carbocycles. The summed E-state index contributed by atoms with van der Waals surface area (Å²) in [6.45, 7) is 1.83. The predicted octanol–water partition coefficient (Wildman–Crippen LogP) is -0.938. The number of hydrogen-bond acceptors (Lipinski definition) is 4. The van der Waals surface area contributed by atoms with E-state index in [1.807, 2.05) is 18.4 Å². The van der Waals surface area contributed by atoms with Crippen LogP contribution in [0.1, 0.15) is 15.9 Å². The first-order chi connectivity index (χ1) is 8.49. The van der Waals surface area contributed by atoms with Gasteiger partial charge in [-0.25, -0.2) is 0 Å². The fourth-order valence-electron chi connectivity index (χ4n) is 1.16. The first kappa shape index (κ1) is 13.4. The Morgan fingerprint density at radius 1 is 1.17 bits per heavy atom. The van der Waals surface area contributed by atoms with Crippen LogP contribution < -0.4 is 16.0 Å². The summed E-state index contributed by atoms with van der Waals surface area (Å²) in [4.78, 5) is 32.6. The molecule has 6 heteroatoms. The van der Waals surface area contributed by atoms with Crippen LogP contribution in [0.4, 0.5) is 0 Å². The highest BCUT2D eigenvalue weighted by molar-refractivity contribution is 5.98. The molecule has 0 saturated heterocycles. The SMILES string of the molecule is Cc1cccc(C(=O)NNC(=O)C=CC(=O)[O-])c1. The van der Waals surface area contributed by atoms with E-state index in [2.05, 4.69) is 5.43 Å². The largest absolute Gasteiger partial charge is 0.545 e. The highest BCUT2D eigenvalue weighted by atomic mass is 16.4. The molecule has 0 aromatic heterocycles. The minimum Gasteiger partial charge on any atom is -0.545 e. The summed E-state index contributed by atoms with van der Waals surface area (Å²) in [6, 6.07) is 6.78. The van der Waals surface area contributed by atoms with Crippen LogP contribution in [0.5, 0.6) is 0 Å². The van der Waals surface area contributed by atoms with Crippen LogP contribution in [0, 0.1) is 6.92 Å². The minimum absolute atomic E-state index is 0.388.